The van der Waals surface area contributed by atoms with Gasteiger partial charge in [-0.2, -0.15) is 13.5 Å². The third-order valence-corrected chi connectivity index (χ3v) is 5.13. The van der Waals surface area contributed by atoms with Crippen LogP contribution in [0.1, 0.15) is 31.9 Å². The summed E-state index contributed by atoms with van der Waals surface area (Å²) in [5.41, 5.74) is 1.39. The molecule has 0 aromatic heterocycles. The zero-order chi connectivity index (χ0) is 18.0. The molecule has 2 rings (SSSR count). The van der Waals surface area contributed by atoms with Crippen LogP contribution in [-0.4, -0.2) is 19.7 Å². The molecule has 0 radical (unpaired) electrons. The summed E-state index contributed by atoms with van der Waals surface area (Å²) >= 11 is 3.28. The average Bonchev–Trinajstić information content (AvgIpc) is 2.50. The molecule has 0 saturated heterocycles. The molecule has 0 atom stereocenters. The monoisotopic (exact) mass is 410 g/mol. The van der Waals surface area contributed by atoms with Gasteiger partial charge in [0, 0.05) is 10.0 Å². The fourth-order valence-electron chi connectivity index (χ4n) is 1.98. The van der Waals surface area contributed by atoms with Gasteiger partial charge in [0.15, 0.2) is 0 Å². The topological polar surface area (TPSA) is 78.8 Å². The van der Waals surface area contributed by atoms with Crippen LogP contribution in [0.2, 0.25) is 0 Å². The number of halogens is 1. The summed E-state index contributed by atoms with van der Waals surface area (Å²) in [4.78, 5) is 2.27. The van der Waals surface area contributed by atoms with Gasteiger partial charge in [-0.25, -0.2) is 4.83 Å². The van der Waals surface area contributed by atoms with Crippen LogP contribution < -0.4 is 4.83 Å². The first-order chi connectivity index (χ1) is 11.1. The van der Waals surface area contributed by atoms with E-state index >= 15 is 0 Å². The summed E-state index contributed by atoms with van der Waals surface area (Å²) in [5.74, 6) is 0.00989. The van der Waals surface area contributed by atoms with E-state index in [-0.39, 0.29) is 16.1 Å². The molecule has 2 N–H and O–H groups in total. The number of rotatable bonds is 4. The summed E-state index contributed by atoms with van der Waals surface area (Å²) in [7, 11) is -3.76. The van der Waals surface area contributed by atoms with Gasteiger partial charge in [-0.05, 0) is 41.3 Å². The van der Waals surface area contributed by atoms with E-state index in [4.69, 9.17) is 0 Å². The normalized spacial score (nSPS) is 12.5. The highest BCUT2D eigenvalue weighted by molar-refractivity contribution is 9.10. The molecule has 2 aromatic rings. The quantitative estimate of drug-likeness (QED) is 0.594. The number of benzene rings is 2. The number of sulfonamides is 1. The fraction of sp³-hybridized carbons (Fsp3) is 0.235. The molecule has 0 saturated carbocycles. The highest BCUT2D eigenvalue weighted by Gasteiger charge is 2.17. The van der Waals surface area contributed by atoms with E-state index in [0.717, 1.165) is 10.0 Å². The van der Waals surface area contributed by atoms with Crippen molar-refractivity contribution < 1.29 is 13.5 Å². The summed E-state index contributed by atoms with van der Waals surface area (Å²) < 4.78 is 25.2. The van der Waals surface area contributed by atoms with Gasteiger partial charge in [-0.15, -0.1) is 0 Å². The molecular weight excluding hydrogens is 392 g/mol. The number of phenolic OH excluding ortho intramolecular Hbond substituents is 1. The van der Waals surface area contributed by atoms with Gasteiger partial charge < -0.3 is 5.11 Å². The molecule has 5 nitrogen and oxygen atoms in total. The molecule has 0 aliphatic heterocycles. The van der Waals surface area contributed by atoms with E-state index in [1.807, 2.05) is 0 Å². The third-order valence-electron chi connectivity index (χ3n) is 3.40. The lowest BCUT2D eigenvalue weighted by Crippen LogP contribution is -2.19. The number of hydrogen-bond donors (Lipinski definition) is 2. The van der Waals surface area contributed by atoms with Crippen molar-refractivity contribution >= 4 is 32.2 Å². The van der Waals surface area contributed by atoms with Crippen LogP contribution in [0.5, 0.6) is 5.75 Å². The maximum absolute atomic E-state index is 12.2. The van der Waals surface area contributed by atoms with Crippen molar-refractivity contribution in [1.82, 2.24) is 4.83 Å². The molecule has 0 amide bonds. The highest BCUT2D eigenvalue weighted by Crippen LogP contribution is 2.23. The Hall–Kier alpha value is -1.86. The Labute approximate surface area is 150 Å². The van der Waals surface area contributed by atoms with Crippen molar-refractivity contribution in [2.75, 3.05) is 0 Å². The van der Waals surface area contributed by atoms with Crippen LogP contribution in [0.3, 0.4) is 0 Å². The predicted octanol–water partition coefficient (Wildman–Crippen LogP) is 3.76. The zero-order valence-electron chi connectivity index (χ0n) is 13.6. The number of nitrogens with zero attached hydrogens (tertiary/aromatic N) is 1. The molecule has 24 heavy (non-hydrogen) atoms. The third kappa shape index (κ3) is 4.58. The molecule has 0 aliphatic rings. The lowest BCUT2D eigenvalue weighted by molar-refractivity contribution is 0.474. The largest absolute Gasteiger partial charge is 0.507 e. The number of hydrazone groups is 1. The lowest BCUT2D eigenvalue weighted by atomic mass is 9.87. The second-order valence-electron chi connectivity index (χ2n) is 6.33. The van der Waals surface area contributed by atoms with E-state index in [1.54, 1.807) is 36.4 Å². The molecule has 0 aliphatic carbocycles. The molecule has 128 valence electrons. The first-order valence-electron chi connectivity index (χ1n) is 7.23. The van der Waals surface area contributed by atoms with Crippen LogP contribution in [-0.2, 0) is 15.4 Å². The molecule has 0 fully saturated rings. The molecule has 0 bridgehead atoms. The minimum Gasteiger partial charge on any atom is -0.507 e. The Bertz CT molecular complexity index is 854. The molecule has 0 spiro atoms. The highest BCUT2D eigenvalue weighted by atomic mass is 79.9. The van der Waals surface area contributed by atoms with Gasteiger partial charge in [0.1, 0.15) is 5.75 Å². The van der Waals surface area contributed by atoms with Crippen molar-refractivity contribution in [2.45, 2.75) is 31.1 Å². The lowest BCUT2D eigenvalue weighted by Gasteiger charge is -2.19. The van der Waals surface area contributed by atoms with Crippen molar-refractivity contribution in [3.8, 4) is 5.75 Å². The Morgan fingerprint density at radius 2 is 1.75 bits per heavy atom. The first-order valence-corrected chi connectivity index (χ1v) is 9.51. The smallest absolute Gasteiger partial charge is 0.276 e. The molecular formula is C17H19BrN2O3S. The first kappa shape index (κ1) is 18.5. The predicted molar refractivity (Wildman–Crippen MR) is 98.9 cm³/mol. The molecule has 7 heteroatoms. The van der Waals surface area contributed by atoms with Crippen molar-refractivity contribution in [3.05, 3.63) is 58.1 Å². The van der Waals surface area contributed by atoms with Gasteiger partial charge >= 0.3 is 0 Å². The van der Waals surface area contributed by atoms with Gasteiger partial charge in [0.2, 0.25) is 0 Å². The SMILES string of the molecule is CC(C)(C)c1ccc(S(=O)(=O)NN=Cc2cc(Br)ccc2O)cc1. The maximum Gasteiger partial charge on any atom is 0.276 e. The Morgan fingerprint density at radius 3 is 2.33 bits per heavy atom. The summed E-state index contributed by atoms with van der Waals surface area (Å²) in [6, 6.07) is 11.5. The Morgan fingerprint density at radius 1 is 1.12 bits per heavy atom. The van der Waals surface area contributed by atoms with Crippen LogP contribution >= 0.6 is 15.9 Å². The summed E-state index contributed by atoms with van der Waals surface area (Å²) in [6.07, 6.45) is 1.25. The second kappa shape index (κ2) is 6.94. The second-order valence-corrected chi connectivity index (χ2v) is 8.91. The van der Waals surface area contributed by atoms with E-state index < -0.39 is 10.0 Å². The van der Waals surface area contributed by atoms with E-state index in [0.29, 0.717) is 5.56 Å². The van der Waals surface area contributed by atoms with Gasteiger partial charge in [-0.3, -0.25) is 0 Å². The number of hydrogen-bond acceptors (Lipinski definition) is 4. The van der Waals surface area contributed by atoms with Crippen molar-refractivity contribution in [2.24, 2.45) is 5.10 Å². The molecule has 0 heterocycles. The van der Waals surface area contributed by atoms with Crippen LogP contribution in [0.15, 0.2) is 56.9 Å². The van der Waals surface area contributed by atoms with Crippen molar-refractivity contribution in [3.63, 3.8) is 0 Å². The van der Waals surface area contributed by atoms with Crippen LogP contribution in [0.4, 0.5) is 0 Å². The Balaban J connectivity index is 2.16. The van der Waals surface area contributed by atoms with Gasteiger partial charge in [-0.1, -0.05) is 48.8 Å². The average molecular weight is 411 g/mol. The zero-order valence-corrected chi connectivity index (χ0v) is 16.0. The Kier molecular flexibility index (Phi) is 5.35. The number of phenols is 1. The number of aromatic hydroxyl groups is 1. The van der Waals surface area contributed by atoms with E-state index in [2.05, 4.69) is 46.6 Å². The molecule has 0 unspecified atom stereocenters. The summed E-state index contributed by atoms with van der Waals surface area (Å²) in [6.45, 7) is 6.18. The summed E-state index contributed by atoms with van der Waals surface area (Å²) in [5, 5.41) is 13.4. The van der Waals surface area contributed by atoms with Crippen LogP contribution in [0, 0.1) is 0 Å². The van der Waals surface area contributed by atoms with E-state index in [9.17, 15) is 13.5 Å². The minimum atomic E-state index is -3.76. The van der Waals surface area contributed by atoms with Gasteiger partial charge in [0.25, 0.3) is 10.0 Å². The standard InChI is InChI=1S/C17H19BrN2O3S/c1-17(2,3)13-4-7-15(8-5-13)24(22,23)20-19-11-12-10-14(18)6-9-16(12)21/h4-11,20-21H,1-3H3. The minimum absolute atomic E-state index is 0.00989. The van der Waals surface area contributed by atoms with E-state index in [1.165, 1.54) is 12.3 Å². The van der Waals surface area contributed by atoms with Crippen LogP contribution in [0.25, 0.3) is 0 Å². The maximum atomic E-state index is 12.2. The van der Waals surface area contributed by atoms with Gasteiger partial charge in [0.05, 0.1) is 11.1 Å². The van der Waals surface area contributed by atoms with Crippen molar-refractivity contribution in [1.29, 1.82) is 0 Å². The number of nitrogens with one attached hydrogen (secondary N) is 1. The molecule has 2 aromatic carbocycles. The fourth-order valence-corrected chi connectivity index (χ4v) is 3.15.